The molecule has 0 radical (unpaired) electrons. The Hall–Kier alpha value is -3.61. The highest BCUT2D eigenvalue weighted by molar-refractivity contribution is 5.84. The Balaban J connectivity index is 1.76. The number of hydrogen-bond donors (Lipinski definition) is 2. The maximum Gasteiger partial charge on any atom is 0.231 e. The number of anilines is 4. The second-order valence-electron chi connectivity index (χ2n) is 6.12. The molecule has 2 aromatic carbocycles. The molecule has 0 spiro atoms. The molecular formula is C19H19N7. The van der Waals surface area contributed by atoms with Gasteiger partial charge in [0.05, 0.1) is 0 Å². The van der Waals surface area contributed by atoms with Crippen LogP contribution in [0.15, 0.2) is 60.9 Å². The third-order valence-electron chi connectivity index (χ3n) is 4.08. The van der Waals surface area contributed by atoms with Gasteiger partial charge in [0.15, 0.2) is 17.0 Å². The second-order valence-corrected chi connectivity index (χ2v) is 6.12. The maximum absolute atomic E-state index is 6.11. The summed E-state index contributed by atoms with van der Waals surface area (Å²) in [7, 11) is 4.00. The van der Waals surface area contributed by atoms with E-state index in [-0.39, 0.29) is 0 Å². The summed E-state index contributed by atoms with van der Waals surface area (Å²) >= 11 is 0. The molecule has 2 heterocycles. The number of para-hydroxylation sites is 1. The van der Waals surface area contributed by atoms with Gasteiger partial charge in [-0.1, -0.05) is 24.3 Å². The molecule has 0 amide bonds. The Morgan fingerprint density at radius 2 is 1.81 bits per heavy atom. The van der Waals surface area contributed by atoms with Crippen molar-refractivity contribution in [3.63, 3.8) is 0 Å². The summed E-state index contributed by atoms with van der Waals surface area (Å²) in [5.74, 6) is 0.777. The van der Waals surface area contributed by atoms with Crippen molar-refractivity contribution < 1.29 is 0 Å². The van der Waals surface area contributed by atoms with E-state index in [0.29, 0.717) is 22.9 Å². The minimum atomic E-state index is 0.343. The first-order valence-corrected chi connectivity index (χ1v) is 8.22. The van der Waals surface area contributed by atoms with Crippen molar-refractivity contribution in [2.45, 2.75) is 0 Å². The smallest absolute Gasteiger partial charge is 0.231 e. The lowest BCUT2D eigenvalue weighted by Gasteiger charge is -2.14. The number of imidazole rings is 1. The molecule has 7 heteroatoms. The van der Waals surface area contributed by atoms with Crippen LogP contribution in [0, 0.1) is 0 Å². The number of nitrogens with one attached hydrogen (secondary N) is 1. The number of aromatic nitrogens is 4. The number of nitrogens with two attached hydrogens (primary N) is 1. The predicted octanol–water partition coefficient (Wildman–Crippen LogP) is 3.21. The van der Waals surface area contributed by atoms with Crippen LogP contribution >= 0.6 is 0 Å². The maximum atomic E-state index is 6.11. The summed E-state index contributed by atoms with van der Waals surface area (Å²) in [6, 6.07) is 17.9. The molecule has 4 rings (SSSR count). The standard InChI is InChI=1S/C19H19N7/c1-25(2)15-10-6-7-13(11-15)22-19-23-17(20)16-18(24-19)26(12-21-16)14-8-4-3-5-9-14/h3-12H,1-2H3,(H3,20,22,23,24). The van der Waals surface area contributed by atoms with Gasteiger partial charge in [-0.3, -0.25) is 4.57 Å². The number of nitrogens with zero attached hydrogens (tertiary/aromatic N) is 5. The zero-order valence-electron chi connectivity index (χ0n) is 14.6. The molecular weight excluding hydrogens is 326 g/mol. The number of rotatable bonds is 4. The summed E-state index contributed by atoms with van der Waals surface area (Å²) in [6.07, 6.45) is 1.71. The Kier molecular flexibility index (Phi) is 3.89. The quantitative estimate of drug-likeness (QED) is 0.591. The molecule has 0 aliphatic heterocycles. The van der Waals surface area contributed by atoms with Crippen molar-refractivity contribution >= 4 is 34.3 Å². The SMILES string of the molecule is CN(C)c1cccc(Nc2nc(N)c3ncn(-c4ccccc4)c3n2)c1. The van der Waals surface area contributed by atoms with Crippen molar-refractivity contribution in [3.8, 4) is 5.69 Å². The molecule has 0 bridgehead atoms. The topological polar surface area (TPSA) is 84.9 Å². The molecule has 130 valence electrons. The molecule has 0 unspecified atom stereocenters. The summed E-state index contributed by atoms with van der Waals surface area (Å²) in [5.41, 5.74) is 10.3. The summed E-state index contributed by atoms with van der Waals surface area (Å²) in [6.45, 7) is 0. The first kappa shape index (κ1) is 15.9. The average molecular weight is 345 g/mol. The van der Waals surface area contributed by atoms with Gasteiger partial charge in [-0.05, 0) is 30.3 Å². The van der Waals surface area contributed by atoms with Crippen molar-refractivity contribution in [2.24, 2.45) is 0 Å². The van der Waals surface area contributed by atoms with Crippen molar-refractivity contribution in [3.05, 3.63) is 60.9 Å². The highest BCUT2D eigenvalue weighted by Gasteiger charge is 2.12. The molecule has 0 aliphatic carbocycles. The molecule has 0 saturated carbocycles. The lowest BCUT2D eigenvalue weighted by molar-refractivity contribution is 1.06. The van der Waals surface area contributed by atoms with Gasteiger partial charge in [0, 0.05) is 31.2 Å². The normalized spacial score (nSPS) is 10.8. The monoisotopic (exact) mass is 345 g/mol. The van der Waals surface area contributed by atoms with Crippen LogP contribution in [-0.2, 0) is 0 Å². The van der Waals surface area contributed by atoms with E-state index in [0.717, 1.165) is 17.1 Å². The van der Waals surface area contributed by atoms with Crippen molar-refractivity contribution in [2.75, 3.05) is 30.0 Å². The van der Waals surface area contributed by atoms with Crippen molar-refractivity contribution in [1.82, 2.24) is 19.5 Å². The van der Waals surface area contributed by atoms with Gasteiger partial charge in [-0.25, -0.2) is 4.98 Å². The van der Waals surface area contributed by atoms with Crippen molar-refractivity contribution in [1.29, 1.82) is 0 Å². The molecule has 2 aromatic heterocycles. The molecule has 0 aliphatic rings. The van der Waals surface area contributed by atoms with Gasteiger partial charge in [0.2, 0.25) is 5.95 Å². The van der Waals surface area contributed by atoms with E-state index in [1.807, 2.05) is 78.2 Å². The third kappa shape index (κ3) is 2.90. The Morgan fingerprint density at radius 3 is 2.58 bits per heavy atom. The Morgan fingerprint density at radius 1 is 1.00 bits per heavy atom. The van der Waals surface area contributed by atoms with Crippen LogP contribution in [0.5, 0.6) is 0 Å². The van der Waals surface area contributed by atoms with Gasteiger partial charge < -0.3 is 16.0 Å². The zero-order valence-corrected chi connectivity index (χ0v) is 14.6. The van der Waals surface area contributed by atoms with E-state index in [2.05, 4.69) is 20.3 Å². The first-order valence-electron chi connectivity index (χ1n) is 8.22. The largest absolute Gasteiger partial charge is 0.382 e. The highest BCUT2D eigenvalue weighted by Crippen LogP contribution is 2.24. The van der Waals surface area contributed by atoms with Crippen LogP contribution in [0.3, 0.4) is 0 Å². The van der Waals surface area contributed by atoms with Crippen LogP contribution in [-0.4, -0.2) is 33.6 Å². The summed E-state index contributed by atoms with van der Waals surface area (Å²) < 4.78 is 1.90. The van der Waals surface area contributed by atoms with Gasteiger partial charge in [0.1, 0.15) is 6.33 Å². The van der Waals surface area contributed by atoms with Crippen LogP contribution in [0.25, 0.3) is 16.9 Å². The van der Waals surface area contributed by atoms with Gasteiger partial charge in [-0.15, -0.1) is 0 Å². The fraction of sp³-hybridized carbons (Fsp3) is 0.105. The van der Waals surface area contributed by atoms with E-state index in [4.69, 9.17) is 5.73 Å². The highest BCUT2D eigenvalue weighted by atomic mass is 15.2. The van der Waals surface area contributed by atoms with Gasteiger partial charge in [-0.2, -0.15) is 9.97 Å². The molecule has 7 nitrogen and oxygen atoms in total. The predicted molar refractivity (Wildman–Crippen MR) is 105 cm³/mol. The van der Waals surface area contributed by atoms with E-state index in [9.17, 15) is 0 Å². The second kappa shape index (κ2) is 6.36. The Labute approximate surface area is 151 Å². The average Bonchev–Trinajstić information content (AvgIpc) is 3.07. The minimum absolute atomic E-state index is 0.343. The van der Waals surface area contributed by atoms with Gasteiger partial charge in [0.25, 0.3) is 0 Å². The third-order valence-corrected chi connectivity index (χ3v) is 4.08. The molecule has 26 heavy (non-hydrogen) atoms. The number of fused-ring (bicyclic) bond motifs is 1. The number of nitrogen functional groups attached to an aromatic ring is 1. The van der Waals surface area contributed by atoms with Crippen LogP contribution < -0.4 is 16.0 Å². The number of hydrogen-bond acceptors (Lipinski definition) is 6. The van der Waals surface area contributed by atoms with E-state index in [1.165, 1.54) is 0 Å². The molecule has 0 atom stereocenters. The van der Waals surface area contributed by atoms with Crippen LogP contribution in [0.1, 0.15) is 0 Å². The number of benzene rings is 2. The lowest BCUT2D eigenvalue weighted by Crippen LogP contribution is -2.09. The lowest BCUT2D eigenvalue weighted by atomic mass is 10.2. The van der Waals surface area contributed by atoms with E-state index in [1.54, 1.807) is 6.33 Å². The molecule has 3 N–H and O–H groups in total. The summed E-state index contributed by atoms with van der Waals surface area (Å²) in [4.78, 5) is 15.4. The van der Waals surface area contributed by atoms with Crippen LogP contribution in [0.2, 0.25) is 0 Å². The van der Waals surface area contributed by atoms with Gasteiger partial charge >= 0.3 is 0 Å². The van der Waals surface area contributed by atoms with E-state index < -0.39 is 0 Å². The van der Waals surface area contributed by atoms with Crippen LogP contribution in [0.4, 0.5) is 23.1 Å². The molecule has 0 fully saturated rings. The first-order chi connectivity index (χ1) is 12.6. The fourth-order valence-electron chi connectivity index (χ4n) is 2.75. The fourth-order valence-corrected chi connectivity index (χ4v) is 2.75. The summed E-state index contributed by atoms with van der Waals surface area (Å²) in [5, 5.41) is 3.23. The molecule has 4 aromatic rings. The zero-order chi connectivity index (χ0) is 18.1. The minimum Gasteiger partial charge on any atom is -0.382 e. The van der Waals surface area contributed by atoms with E-state index >= 15 is 0 Å². The molecule has 0 saturated heterocycles. The Bertz CT molecular complexity index is 1050.